The molecular weight excluding hydrogens is 266 g/mol. The van der Waals surface area contributed by atoms with Crippen molar-refractivity contribution in [2.45, 2.75) is 18.9 Å². The van der Waals surface area contributed by atoms with E-state index in [0.29, 0.717) is 17.5 Å². The van der Waals surface area contributed by atoms with E-state index in [1.165, 1.54) is 12.8 Å². The summed E-state index contributed by atoms with van der Waals surface area (Å²) in [6, 6.07) is 9.41. The molecule has 2 fully saturated rings. The number of rotatable bonds is 3. The summed E-state index contributed by atoms with van der Waals surface area (Å²) >= 11 is 0. The van der Waals surface area contributed by atoms with Crippen LogP contribution in [0.3, 0.4) is 0 Å². The molecule has 5 heteroatoms. The summed E-state index contributed by atoms with van der Waals surface area (Å²) in [5.74, 6) is 0.390. The lowest BCUT2D eigenvalue weighted by Gasteiger charge is -2.24. The van der Waals surface area contributed by atoms with Crippen molar-refractivity contribution in [3.05, 3.63) is 35.9 Å². The molecule has 2 heterocycles. The second-order valence-corrected chi connectivity index (χ2v) is 5.81. The van der Waals surface area contributed by atoms with Gasteiger partial charge in [0.15, 0.2) is 0 Å². The fraction of sp³-hybridized carbons (Fsp3) is 0.500. The third kappa shape index (κ3) is 3.24. The average molecular weight is 287 g/mol. The maximum atomic E-state index is 12.2. The van der Waals surface area contributed by atoms with Gasteiger partial charge in [-0.3, -0.25) is 9.59 Å². The van der Waals surface area contributed by atoms with Crippen LogP contribution in [0.5, 0.6) is 0 Å². The van der Waals surface area contributed by atoms with Crippen molar-refractivity contribution in [2.24, 2.45) is 5.92 Å². The first-order chi connectivity index (χ1) is 10.2. The summed E-state index contributed by atoms with van der Waals surface area (Å²) in [7, 11) is 0. The standard InChI is InChI=1S/C16H21N3O2/c20-15(9-18-16(21)12-5-2-1-3-6-12)19-10-13-7-4-8-17-14(13)11-19/h1-3,5-6,13-14,17H,4,7-11H2,(H,18,21)/t13-,14+/m0/s1. The molecule has 21 heavy (non-hydrogen) atoms. The van der Waals surface area contributed by atoms with Gasteiger partial charge in [-0.25, -0.2) is 0 Å². The van der Waals surface area contributed by atoms with Gasteiger partial charge in [-0.2, -0.15) is 0 Å². The predicted molar refractivity (Wildman–Crippen MR) is 79.9 cm³/mol. The number of carbonyl (C=O) groups excluding carboxylic acids is 2. The molecule has 0 unspecified atom stereocenters. The zero-order valence-electron chi connectivity index (χ0n) is 12.0. The number of nitrogens with zero attached hydrogens (tertiary/aromatic N) is 1. The van der Waals surface area contributed by atoms with Crippen LogP contribution in [0.25, 0.3) is 0 Å². The number of benzene rings is 1. The van der Waals surface area contributed by atoms with Gasteiger partial charge in [-0.05, 0) is 37.4 Å². The lowest BCUT2D eigenvalue weighted by molar-refractivity contribution is -0.129. The van der Waals surface area contributed by atoms with Crippen LogP contribution in [0, 0.1) is 5.92 Å². The van der Waals surface area contributed by atoms with Crippen LogP contribution >= 0.6 is 0 Å². The summed E-state index contributed by atoms with van der Waals surface area (Å²) in [6.45, 7) is 2.71. The van der Waals surface area contributed by atoms with Crippen molar-refractivity contribution < 1.29 is 9.59 Å². The van der Waals surface area contributed by atoms with Gasteiger partial charge in [0.1, 0.15) is 0 Å². The van der Waals surface area contributed by atoms with Crippen LogP contribution in [0.15, 0.2) is 30.3 Å². The first kappa shape index (κ1) is 14.1. The topological polar surface area (TPSA) is 61.4 Å². The molecule has 0 saturated carbocycles. The van der Waals surface area contributed by atoms with Gasteiger partial charge in [-0.1, -0.05) is 18.2 Å². The molecule has 112 valence electrons. The van der Waals surface area contributed by atoms with E-state index in [1.807, 2.05) is 23.1 Å². The van der Waals surface area contributed by atoms with Gasteiger partial charge in [0.05, 0.1) is 6.54 Å². The molecule has 2 aliphatic rings. The molecule has 2 aliphatic heterocycles. The molecule has 2 atom stereocenters. The van der Waals surface area contributed by atoms with Crippen molar-refractivity contribution >= 4 is 11.8 Å². The molecular formula is C16H21N3O2. The molecule has 2 saturated heterocycles. The molecule has 0 aliphatic carbocycles. The van der Waals surface area contributed by atoms with E-state index >= 15 is 0 Å². The van der Waals surface area contributed by atoms with Gasteiger partial charge >= 0.3 is 0 Å². The van der Waals surface area contributed by atoms with Crippen LogP contribution in [-0.4, -0.2) is 48.9 Å². The summed E-state index contributed by atoms with van der Waals surface area (Å²) in [4.78, 5) is 26.0. The average Bonchev–Trinajstić information content (AvgIpc) is 2.97. The van der Waals surface area contributed by atoms with Crippen LogP contribution in [0.4, 0.5) is 0 Å². The number of likely N-dealkylation sites (tertiary alicyclic amines) is 1. The number of piperidine rings is 1. The second-order valence-electron chi connectivity index (χ2n) is 5.81. The summed E-state index contributed by atoms with van der Waals surface area (Å²) in [6.07, 6.45) is 2.38. The quantitative estimate of drug-likeness (QED) is 0.857. The van der Waals surface area contributed by atoms with Crippen LogP contribution in [0.2, 0.25) is 0 Å². The van der Waals surface area contributed by atoms with Crippen molar-refractivity contribution in [1.29, 1.82) is 0 Å². The highest BCUT2D eigenvalue weighted by molar-refractivity contribution is 5.96. The van der Waals surface area contributed by atoms with Gasteiger partial charge in [0.25, 0.3) is 5.91 Å². The molecule has 1 aromatic carbocycles. The minimum atomic E-state index is -0.196. The zero-order valence-corrected chi connectivity index (χ0v) is 12.0. The maximum absolute atomic E-state index is 12.2. The van der Waals surface area contributed by atoms with E-state index in [2.05, 4.69) is 10.6 Å². The molecule has 2 N–H and O–H groups in total. The first-order valence-electron chi connectivity index (χ1n) is 7.58. The van der Waals surface area contributed by atoms with E-state index < -0.39 is 0 Å². The van der Waals surface area contributed by atoms with E-state index in [1.54, 1.807) is 12.1 Å². The van der Waals surface area contributed by atoms with Crippen molar-refractivity contribution in [1.82, 2.24) is 15.5 Å². The van der Waals surface area contributed by atoms with Crippen LogP contribution < -0.4 is 10.6 Å². The van der Waals surface area contributed by atoms with E-state index in [4.69, 9.17) is 0 Å². The monoisotopic (exact) mass is 287 g/mol. The van der Waals surface area contributed by atoms with Crippen molar-refractivity contribution in [3.8, 4) is 0 Å². The third-order valence-corrected chi connectivity index (χ3v) is 4.39. The van der Waals surface area contributed by atoms with Crippen molar-refractivity contribution in [2.75, 3.05) is 26.2 Å². The molecule has 0 aromatic heterocycles. The number of amides is 2. The Balaban J connectivity index is 1.50. The number of hydrogen-bond acceptors (Lipinski definition) is 3. The largest absolute Gasteiger partial charge is 0.343 e. The third-order valence-electron chi connectivity index (χ3n) is 4.39. The van der Waals surface area contributed by atoms with Gasteiger partial charge in [0.2, 0.25) is 5.91 Å². The SMILES string of the molecule is O=C(NCC(=O)N1C[C@@H]2CCCN[C@@H]2C1)c1ccccc1. The first-order valence-corrected chi connectivity index (χ1v) is 7.58. The van der Waals surface area contributed by atoms with Gasteiger partial charge in [-0.15, -0.1) is 0 Å². The zero-order chi connectivity index (χ0) is 14.7. The summed E-state index contributed by atoms with van der Waals surface area (Å²) in [5.41, 5.74) is 0.585. The number of hydrogen-bond donors (Lipinski definition) is 2. The highest BCUT2D eigenvalue weighted by atomic mass is 16.2. The van der Waals surface area contributed by atoms with E-state index in [-0.39, 0.29) is 18.4 Å². The molecule has 5 nitrogen and oxygen atoms in total. The Morgan fingerprint density at radius 1 is 1.24 bits per heavy atom. The Hall–Kier alpha value is -1.88. The molecule has 3 rings (SSSR count). The Kier molecular flexibility index (Phi) is 4.20. The minimum absolute atomic E-state index is 0.00970. The minimum Gasteiger partial charge on any atom is -0.343 e. The normalized spacial score (nSPS) is 24.5. The fourth-order valence-corrected chi connectivity index (χ4v) is 3.21. The molecule has 2 amide bonds. The number of nitrogens with one attached hydrogen (secondary N) is 2. The molecule has 0 bridgehead atoms. The second kappa shape index (κ2) is 6.26. The van der Waals surface area contributed by atoms with E-state index in [0.717, 1.165) is 19.6 Å². The molecule has 0 spiro atoms. The Morgan fingerprint density at radius 2 is 2.05 bits per heavy atom. The summed E-state index contributed by atoms with van der Waals surface area (Å²) in [5, 5.41) is 6.18. The van der Waals surface area contributed by atoms with E-state index in [9.17, 15) is 9.59 Å². The van der Waals surface area contributed by atoms with Crippen molar-refractivity contribution in [3.63, 3.8) is 0 Å². The van der Waals surface area contributed by atoms with Gasteiger partial charge in [0, 0.05) is 24.7 Å². The Morgan fingerprint density at radius 3 is 2.81 bits per heavy atom. The fourth-order valence-electron chi connectivity index (χ4n) is 3.21. The van der Waals surface area contributed by atoms with Crippen LogP contribution in [0.1, 0.15) is 23.2 Å². The lowest BCUT2D eigenvalue weighted by Crippen LogP contribution is -2.42. The molecule has 0 radical (unpaired) electrons. The smallest absolute Gasteiger partial charge is 0.251 e. The van der Waals surface area contributed by atoms with Gasteiger partial charge < -0.3 is 15.5 Å². The summed E-state index contributed by atoms with van der Waals surface area (Å²) < 4.78 is 0. The predicted octanol–water partition coefficient (Wildman–Crippen LogP) is 0.627. The Bertz CT molecular complexity index is 504. The lowest BCUT2D eigenvalue weighted by atomic mass is 9.94. The Labute approximate surface area is 124 Å². The molecule has 1 aromatic rings. The highest BCUT2D eigenvalue weighted by Crippen LogP contribution is 2.24. The van der Waals surface area contributed by atoms with Crippen LogP contribution in [-0.2, 0) is 4.79 Å². The highest BCUT2D eigenvalue weighted by Gasteiger charge is 2.36. The number of carbonyl (C=O) groups is 2. The number of fused-ring (bicyclic) bond motifs is 1. The maximum Gasteiger partial charge on any atom is 0.251 e.